The number of carbonyl (C=O) groups excluding carboxylic acids is 6. The molecule has 58 heavy (non-hydrogen) atoms. The molecule has 1 aromatic rings. The van der Waals surface area contributed by atoms with E-state index in [2.05, 4.69) is 10.0 Å². The highest BCUT2D eigenvalue weighted by Gasteiger charge is 2.62. The van der Waals surface area contributed by atoms with Gasteiger partial charge in [0.15, 0.2) is 18.2 Å². The largest absolute Gasteiger partial charge is 0.452 e. The molecule has 0 spiro atoms. The summed E-state index contributed by atoms with van der Waals surface area (Å²) < 4.78 is 41.9. The van der Waals surface area contributed by atoms with Crippen LogP contribution in [0.1, 0.15) is 97.9 Å². The van der Waals surface area contributed by atoms with Crippen molar-refractivity contribution in [3.8, 4) is 0 Å². The van der Waals surface area contributed by atoms with Gasteiger partial charge in [-0.05, 0) is 90.6 Å². The molecule has 0 aromatic heterocycles. The lowest BCUT2D eigenvalue weighted by molar-refractivity contribution is -0.277. The molecular weight excluding hydrogens is 753 g/mol. The van der Waals surface area contributed by atoms with Gasteiger partial charge in [-0.25, -0.2) is 14.0 Å². The maximum Gasteiger partial charge on any atom is 0.410 e. The summed E-state index contributed by atoms with van der Waals surface area (Å²) in [6.45, 7) is 12.5. The number of halogens is 1. The summed E-state index contributed by atoms with van der Waals surface area (Å²) in [4.78, 5) is 90.1. The number of ketones is 4. The molecule has 0 N–H and O–H groups in total. The normalized spacial score (nSPS) is 36.5. The van der Waals surface area contributed by atoms with Crippen LogP contribution in [-0.4, -0.2) is 120 Å². The van der Waals surface area contributed by atoms with Gasteiger partial charge in [-0.2, -0.15) is 0 Å². The zero-order valence-corrected chi connectivity index (χ0v) is 35.4. The second-order valence-electron chi connectivity index (χ2n) is 16.9. The van der Waals surface area contributed by atoms with Crippen molar-refractivity contribution in [2.45, 2.75) is 135 Å². The summed E-state index contributed by atoms with van der Waals surface area (Å²) in [6.07, 6.45) is -3.31. The maximum absolute atomic E-state index is 17.0. The van der Waals surface area contributed by atoms with E-state index in [-0.39, 0.29) is 31.7 Å². The van der Waals surface area contributed by atoms with Gasteiger partial charge in [-0.3, -0.25) is 19.2 Å². The lowest BCUT2D eigenvalue weighted by Gasteiger charge is -2.45. The van der Waals surface area contributed by atoms with Crippen molar-refractivity contribution in [2.75, 3.05) is 27.2 Å². The van der Waals surface area contributed by atoms with E-state index in [9.17, 15) is 28.8 Å². The topological polar surface area (TPSA) is 195 Å². The van der Waals surface area contributed by atoms with Gasteiger partial charge in [0.1, 0.15) is 11.4 Å². The van der Waals surface area contributed by atoms with Crippen molar-refractivity contribution < 1.29 is 52.1 Å². The van der Waals surface area contributed by atoms with Crippen LogP contribution in [-0.2, 0) is 38.1 Å². The van der Waals surface area contributed by atoms with Crippen molar-refractivity contribution in [3.63, 3.8) is 0 Å². The minimum atomic E-state index is -3.32. The van der Waals surface area contributed by atoms with E-state index in [0.717, 1.165) is 6.92 Å². The number of nitrogens with zero attached hydrogens (tertiary/aromatic N) is 5. The van der Waals surface area contributed by atoms with E-state index in [1.807, 2.05) is 25.9 Å². The third-order valence-electron chi connectivity index (χ3n) is 12.4. The highest BCUT2D eigenvalue weighted by atomic mass is 19.1. The fourth-order valence-corrected chi connectivity index (χ4v) is 9.29. The molecule has 16 heteroatoms. The molecular formula is C42H60FN5O10. The van der Waals surface area contributed by atoms with Gasteiger partial charge in [-0.1, -0.05) is 57.9 Å². The quantitative estimate of drug-likeness (QED) is 0.0462. The van der Waals surface area contributed by atoms with Crippen molar-refractivity contribution in [2.24, 2.45) is 34.7 Å². The Morgan fingerprint density at radius 1 is 1.00 bits per heavy atom. The Kier molecular flexibility index (Phi) is 15.4. The first-order valence-electron chi connectivity index (χ1n) is 20.3. The standard InChI is InChI=1S/C42H60FN5O10/c1-11-29-32(50)37(52)41(7,43)36(51)27(6)33(57-39-34(30(47(9)10)22-25(4)55-39)56-38(53)28-17-13-12-14-18-28)24(3)21-23(2)31(49)26(5)35-42(29,8)58-40(54)48(35)20-16-15-19-45-46-44/h12-14,17-18,23-27,29-30,33-35,39H,11,15-16,19-22H2,1-10H3/t23-,24-,25-,26+,27-,29?,30+,33-,34-,35-,39+,41+,42+/m1/s1. The Labute approximate surface area is 340 Å². The molecule has 1 aromatic carbocycles. The van der Waals surface area contributed by atoms with Crippen molar-refractivity contribution in [1.82, 2.24) is 9.80 Å². The number of ether oxygens (including phenoxy) is 4. The molecule has 13 atom stereocenters. The Hall–Kier alpha value is -4.24. The number of alkyl halides is 1. The molecule has 320 valence electrons. The minimum Gasteiger partial charge on any atom is -0.452 e. The van der Waals surface area contributed by atoms with Crippen LogP contribution in [0, 0.1) is 29.6 Å². The van der Waals surface area contributed by atoms with Gasteiger partial charge in [0.2, 0.25) is 17.2 Å². The average molecular weight is 814 g/mol. The summed E-state index contributed by atoms with van der Waals surface area (Å²) in [7, 11) is 3.65. The molecule has 2 heterocycles. The fourth-order valence-electron chi connectivity index (χ4n) is 9.29. The van der Waals surface area contributed by atoms with Crippen LogP contribution in [0.15, 0.2) is 35.4 Å². The molecule has 4 rings (SSSR count). The van der Waals surface area contributed by atoms with Crippen molar-refractivity contribution >= 4 is 35.2 Å². The molecule has 3 fully saturated rings. The van der Waals surface area contributed by atoms with E-state index in [0.29, 0.717) is 24.8 Å². The summed E-state index contributed by atoms with van der Waals surface area (Å²) >= 11 is 0. The summed E-state index contributed by atoms with van der Waals surface area (Å²) in [5, 5.41) is 3.54. The molecule has 1 saturated carbocycles. The predicted octanol–water partition coefficient (Wildman–Crippen LogP) is 6.31. The average Bonchev–Trinajstić information content (AvgIpc) is 3.44. The number of amides is 1. The lowest BCUT2D eigenvalue weighted by atomic mass is 9.68. The van der Waals surface area contributed by atoms with Gasteiger partial charge < -0.3 is 28.7 Å². The minimum absolute atomic E-state index is 0.0675. The van der Waals surface area contributed by atoms with E-state index in [1.165, 1.54) is 18.7 Å². The van der Waals surface area contributed by atoms with Gasteiger partial charge in [-0.15, -0.1) is 0 Å². The number of benzene rings is 1. The van der Waals surface area contributed by atoms with Gasteiger partial charge in [0.05, 0.1) is 35.8 Å². The number of likely N-dealkylation sites (N-methyl/N-ethyl adjacent to an activating group) is 1. The molecule has 3 aliphatic rings. The number of carbonyl (C=O) groups is 6. The summed E-state index contributed by atoms with van der Waals surface area (Å²) in [6, 6.07) is 6.96. The van der Waals surface area contributed by atoms with E-state index in [1.54, 1.807) is 58.0 Å². The number of esters is 1. The summed E-state index contributed by atoms with van der Waals surface area (Å²) in [5.74, 6) is -9.97. The molecule has 2 saturated heterocycles. The number of azide groups is 1. The zero-order valence-electron chi connectivity index (χ0n) is 35.4. The van der Waals surface area contributed by atoms with Crippen molar-refractivity contribution in [1.29, 1.82) is 0 Å². The second kappa shape index (κ2) is 19.2. The second-order valence-corrected chi connectivity index (χ2v) is 16.9. The molecule has 1 amide bonds. The van der Waals surface area contributed by atoms with Crippen LogP contribution < -0.4 is 0 Å². The summed E-state index contributed by atoms with van der Waals surface area (Å²) in [5.41, 5.74) is 3.93. The Bertz CT molecular complexity index is 1740. The molecule has 1 aliphatic carbocycles. The zero-order chi connectivity index (χ0) is 43.3. The Morgan fingerprint density at radius 3 is 2.26 bits per heavy atom. The predicted molar refractivity (Wildman–Crippen MR) is 210 cm³/mol. The highest BCUT2D eigenvalue weighted by Crippen LogP contribution is 2.44. The lowest BCUT2D eigenvalue weighted by Crippen LogP contribution is -2.60. The number of unbranched alkanes of at least 4 members (excludes halogenated alkanes) is 1. The van der Waals surface area contributed by atoms with E-state index < -0.39 is 107 Å². The van der Waals surface area contributed by atoms with Crippen LogP contribution in [0.2, 0.25) is 0 Å². The van der Waals surface area contributed by atoms with Gasteiger partial charge in [0, 0.05) is 35.8 Å². The Balaban J connectivity index is 1.78. The molecule has 2 aliphatic heterocycles. The fraction of sp³-hybridized carbons (Fsp3) is 0.714. The third-order valence-corrected chi connectivity index (χ3v) is 12.4. The first-order chi connectivity index (χ1) is 27.2. The number of Topliss-reactive ketones (excluding diaryl/α,β-unsaturated/α-hetero) is 4. The number of hydrogen-bond acceptors (Lipinski definition) is 12. The monoisotopic (exact) mass is 813 g/mol. The maximum atomic E-state index is 17.0. The van der Waals surface area contributed by atoms with Crippen LogP contribution in [0.5, 0.6) is 0 Å². The van der Waals surface area contributed by atoms with E-state index in [4.69, 9.17) is 24.5 Å². The first-order valence-corrected chi connectivity index (χ1v) is 20.3. The number of hydrogen-bond donors (Lipinski definition) is 0. The molecule has 0 bridgehead atoms. The number of rotatable bonds is 11. The van der Waals surface area contributed by atoms with E-state index >= 15 is 4.39 Å². The molecule has 1 unspecified atom stereocenters. The number of fused-ring (bicyclic) bond motifs is 1. The van der Waals surface area contributed by atoms with Crippen molar-refractivity contribution in [3.05, 3.63) is 46.3 Å². The molecule has 15 nitrogen and oxygen atoms in total. The molecule has 0 radical (unpaired) electrons. The SMILES string of the molecule is CCC1C(=O)C(=O)[C@@](C)(F)C(=O)[C@H](C)[C@H](O[C@@H]2O[C@H](C)C[C@H](N(C)C)[C@H]2OC(=O)c2ccccc2)[C@H](C)C[C@@H](C)C(=O)[C@H](C)[C@H]2N(CCCCN=[N+]=[N-])C(=O)O[C@@]12C. The van der Waals surface area contributed by atoms with Crippen LogP contribution >= 0.6 is 0 Å². The Morgan fingerprint density at radius 2 is 1.66 bits per heavy atom. The first kappa shape index (κ1) is 46.4. The van der Waals surface area contributed by atoms with Gasteiger partial charge in [0.25, 0.3) is 0 Å². The third kappa shape index (κ3) is 9.62. The van der Waals surface area contributed by atoms with Crippen LogP contribution in [0.4, 0.5) is 9.18 Å². The van der Waals surface area contributed by atoms with Gasteiger partial charge >= 0.3 is 12.1 Å². The highest BCUT2D eigenvalue weighted by molar-refractivity contribution is 6.45. The van der Waals surface area contributed by atoms with Crippen LogP contribution in [0.25, 0.3) is 10.4 Å². The van der Waals surface area contributed by atoms with Crippen LogP contribution in [0.3, 0.4) is 0 Å². The smallest absolute Gasteiger partial charge is 0.410 e.